The number of hydrogen-bond acceptors (Lipinski definition) is 1. The molecule has 0 fully saturated rings. The van der Waals surface area contributed by atoms with E-state index in [1.165, 1.54) is 24.3 Å². The zero-order valence-corrected chi connectivity index (χ0v) is 13.1. The van der Waals surface area contributed by atoms with Gasteiger partial charge in [-0.2, -0.15) is 0 Å². The number of unbranched alkanes of at least 4 members (excludes halogenated alkanes) is 1. The second-order valence-electron chi connectivity index (χ2n) is 5.03. The second kappa shape index (κ2) is 7.14. The molecular weight excluding hydrogens is 338 g/mol. The van der Waals surface area contributed by atoms with Gasteiger partial charge in [-0.05, 0) is 54.7 Å². The molecule has 0 bridgehead atoms. The Bertz CT molecular complexity index is 555. The summed E-state index contributed by atoms with van der Waals surface area (Å²) in [5.74, 6) is -0.828. The minimum absolute atomic E-state index is 0.408. The molecule has 0 atom stereocenters. The number of rotatable bonds is 6. The average molecular weight is 355 g/mol. The fourth-order valence-electron chi connectivity index (χ4n) is 2.42. The summed E-state index contributed by atoms with van der Waals surface area (Å²) in [5, 5.41) is 11.9. The molecule has 0 heterocycles. The Balaban J connectivity index is 2.43. The molecule has 2 aromatic carbocycles. The van der Waals surface area contributed by atoms with E-state index in [-0.39, 0.29) is 0 Å². The number of halogens is 3. The van der Waals surface area contributed by atoms with Gasteiger partial charge in [-0.3, -0.25) is 0 Å². The third-order valence-electron chi connectivity index (χ3n) is 3.53. The first-order chi connectivity index (χ1) is 10.1. The fraction of sp³-hybridized carbons (Fsp3) is 0.294. The highest BCUT2D eigenvalue weighted by atomic mass is 79.9. The lowest BCUT2D eigenvalue weighted by Crippen LogP contribution is -2.27. The third kappa shape index (κ3) is 3.89. The van der Waals surface area contributed by atoms with Gasteiger partial charge in [-0.25, -0.2) is 8.78 Å². The van der Waals surface area contributed by atoms with E-state index < -0.39 is 17.2 Å². The van der Waals surface area contributed by atoms with Gasteiger partial charge in [0.1, 0.15) is 17.2 Å². The van der Waals surface area contributed by atoms with Crippen molar-refractivity contribution in [3.8, 4) is 0 Å². The summed E-state index contributed by atoms with van der Waals surface area (Å²) in [5.41, 5.74) is -0.489. The molecule has 112 valence electrons. The van der Waals surface area contributed by atoms with E-state index in [0.29, 0.717) is 17.5 Å². The molecule has 1 N–H and O–H groups in total. The molecule has 21 heavy (non-hydrogen) atoms. The standard InChI is InChI=1S/C17H17BrF2O/c18-10-2-1-9-17(21,13-5-3-7-15(19)11-13)14-6-4-8-16(20)12-14/h3-8,11-12,21H,1-2,9-10H2. The minimum Gasteiger partial charge on any atom is -0.380 e. The average Bonchev–Trinajstić information content (AvgIpc) is 2.47. The Labute approximate surface area is 131 Å². The maximum absolute atomic E-state index is 13.5. The molecule has 0 aromatic heterocycles. The summed E-state index contributed by atoms with van der Waals surface area (Å²) >= 11 is 3.35. The summed E-state index contributed by atoms with van der Waals surface area (Å²) in [7, 11) is 0. The molecule has 0 aliphatic rings. The van der Waals surface area contributed by atoms with Gasteiger partial charge in [0, 0.05) is 5.33 Å². The first kappa shape index (κ1) is 16.1. The highest BCUT2D eigenvalue weighted by Gasteiger charge is 2.31. The van der Waals surface area contributed by atoms with Crippen molar-refractivity contribution in [2.75, 3.05) is 5.33 Å². The van der Waals surface area contributed by atoms with E-state index in [2.05, 4.69) is 15.9 Å². The van der Waals surface area contributed by atoms with Crippen molar-refractivity contribution in [1.82, 2.24) is 0 Å². The van der Waals surface area contributed by atoms with Crippen LogP contribution in [0.3, 0.4) is 0 Å². The van der Waals surface area contributed by atoms with E-state index in [0.717, 1.165) is 18.2 Å². The van der Waals surface area contributed by atoms with Crippen LogP contribution in [0.1, 0.15) is 30.4 Å². The molecule has 0 saturated heterocycles. The molecule has 0 radical (unpaired) electrons. The summed E-state index contributed by atoms with van der Waals surface area (Å²) in [6, 6.07) is 11.7. The monoisotopic (exact) mass is 354 g/mol. The zero-order chi connectivity index (χ0) is 15.3. The van der Waals surface area contributed by atoms with E-state index in [9.17, 15) is 13.9 Å². The van der Waals surface area contributed by atoms with Gasteiger partial charge in [0.05, 0.1) is 0 Å². The van der Waals surface area contributed by atoms with Crippen molar-refractivity contribution in [2.45, 2.75) is 24.9 Å². The lowest BCUT2D eigenvalue weighted by atomic mass is 9.82. The zero-order valence-electron chi connectivity index (χ0n) is 11.5. The maximum Gasteiger partial charge on any atom is 0.123 e. The van der Waals surface area contributed by atoms with E-state index in [4.69, 9.17) is 0 Å². The molecule has 0 unspecified atom stereocenters. The van der Waals surface area contributed by atoms with Crippen LogP contribution in [0.4, 0.5) is 8.78 Å². The number of alkyl halides is 1. The van der Waals surface area contributed by atoms with Crippen LogP contribution < -0.4 is 0 Å². The predicted molar refractivity (Wildman–Crippen MR) is 83.4 cm³/mol. The molecule has 0 amide bonds. The first-order valence-corrected chi connectivity index (χ1v) is 7.99. The molecule has 0 saturated carbocycles. The minimum atomic E-state index is -1.38. The van der Waals surface area contributed by atoms with Gasteiger partial charge in [0.25, 0.3) is 0 Å². The van der Waals surface area contributed by atoms with Crippen LogP contribution in [0.15, 0.2) is 48.5 Å². The molecule has 0 aliphatic carbocycles. The van der Waals surface area contributed by atoms with Gasteiger partial charge in [0.2, 0.25) is 0 Å². The Kier molecular flexibility index (Phi) is 5.48. The van der Waals surface area contributed by atoms with Crippen molar-refractivity contribution in [1.29, 1.82) is 0 Å². The summed E-state index contributed by atoms with van der Waals surface area (Å²) in [6.07, 6.45) is 2.03. The van der Waals surface area contributed by atoms with Gasteiger partial charge in [-0.15, -0.1) is 0 Å². The fourth-order valence-corrected chi connectivity index (χ4v) is 2.82. The van der Waals surface area contributed by atoms with Crippen LogP contribution in [-0.4, -0.2) is 10.4 Å². The molecule has 2 rings (SSSR count). The molecule has 4 heteroatoms. The molecule has 0 aliphatic heterocycles. The smallest absolute Gasteiger partial charge is 0.123 e. The van der Waals surface area contributed by atoms with Crippen molar-refractivity contribution in [3.63, 3.8) is 0 Å². The number of aliphatic hydroxyl groups is 1. The quantitative estimate of drug-likeness (QED) is 0.585. The predicted octanol–water partition coefficient (Wildman–Crippen LogP) is 4.77. The highest BCUT2D eigenvalue weighted by molar-refractivity contribution is 9.09. The van der Waals surface area contributed by atoms with Crippen molar-refractivity contribution < 1.29 is 13.9 Å². The Morgan fingerprint density at radius 1 is 0.905 bits per heavy atom. The van der Waals surface area contributed by atoms with Crippen LogP contribution in [0.2, 0.25) is 0 Å². The third-order valence-corrected chi connectivity index (χ3v) is 4.09. The summed E-state index contributed by atoms with van der Waals surface area (Å²) in [6.45, 7) is 0. The Morgan fingerprint density at radius 2 is 1.43 bits per heavy atom. The van der Waals surface area contributed by atoms with Crippen LogP contribution in [0, 0.1) is 11.6 Å². The van der Waals surface area contributed by atoms with Gasteiger partial charge in [-0.1, -0.05) is 40.2 Å². The van der Waals surface area contributed by atoms with E-state index >= 15 is 0 Å². The molecule has 2 aromatic rings. The van der Waals surface area contributed by atoms with Crippen molar-refractivity contribution >= 4 is 15.9 Å². The number of hydrogen-bond donors (Lipinski definition) is 1. The van der Waals surface area contributed by atoms with Crippen LogP contribution in [0.5, 0.6) is 0 Å². The van der Waals surface area contributed by atoms with Crippen LogP contribution in [-0.2, 0) is 5.60 Å². The van der Waals surface area contributed by atoms with Crippen molar-refractivity contribution in [2.24, 2.45) is 0 Å². The lowest BCUT2D eigenvalue weighted by Gasteiger charge is -2.29. The highest BCUT2D eigenvalue weighted by Crippen LogP contribution is 2.35. The van der Waals surface area contributed by atoms with Crippen LogP contribution in [0.25, 0.3) is 0 Å². The Morgan fingerprint density at radius 3 is 1.86 bits per heavy atom. The largest absolute Gasteiger partial charge is 0.380 e. The SMILES string of the molecule is OC(CCCCBr)(c1cccc(F)c1)c1cccc(F)c1. The number of benzene rings is 2. The van der Waals surface area contributed by atoms with E-state index in [1.54, 1.807) is 24.3 Å². The lowest BCUT2D eigenvalue weighted by molar-refractivity contribution is 0.0679. The molecule has 0 spiro atoms. The summed E-state index contributed by atoms with van der Waals surface area (Å²) < 4.78 is 27.0. The van der Waals surface area contributed by atoms with E-state index in [1.807, 2.05) is 0 Å². The van der Waals surface area contributed by atoms with Crippen LogP contribution >= 0.6 is 15.9 Å². The second-order valence-corrected chi connectivity index (χ2v) is 5.82. The summed E-state index contributed by atoms with van der Waals surface area (Å²) in [4.78, 5) is 0. The van der Waals surface area contributed by atoms with Gasteiger partial charge >= 0.3 is 0 Å². The molecule has 1 nitrogen and oxygen atoms in total. The topological polar surface area (TPSA) is 20.2 Å². The van der Waals surface area contributed by atoms with Gasteiger partial charge in [0.15, 0.2) is 0 Å². The maximum atomic E-state index is 13.5. The van der Waals surface area contributed by atoms with Crippen molar-refractivity contribution in [3.05, 3.63) is 71.3 Å². The first-order valence-electron chi connectivity index (χ1n) is 6.87. The molecular formula is C17H17BrF2O. The normalized spacial score (nSPS) is 11.6. The van der Waals surface area contributed by atoms with Gasteiger partial charge < -0.3 is 5.11 Å². The Hall–Kier alpha value is -1.26.